The van der Waals surface area contributed by atoms with Crippen molar-refractivity contribution in [2.45, 2.75) is 19.8 Å². The van der Waals surface area contributed by atoms with Crippen LogP contribution in [0, 0.1) is 0 Å². The van der Waals surface area contributed by atoms with E-state index in [1.807, 2.05) is 18.2 Å². The predicted molar refractivity (Wildman–Crippen MR) is 109 cm³/mol. The van der Waals surface area contributed by atoms with Crippen LogP contribution < -0.4 is 10.6 Å². The fraction of sp³-hybridized carbons (Fsp3) is 0.238. The Morgan fingerprint density at radius 2 is 1.86 bits per heavy atom. The number of aryl methyl sites for hydroxylation is 1. The minimum absolute atomic E-state index is 0.334. The molecule has 0 aliphatic rings. The van der Waals surface area contributed by atoms with Crippen molar-refractivity contribution < 1.29 is 9.53 Å². The Balaban J connectivity index is 1.51. The molecule has 2 N–H and O–H groups in total. The van der Waals surface area contributed by atoms with Crippen molar-refractivity contribution in [2.75, 3.05) is 23.8 Å². The lowest BCUT2D eigenvalue weighted by Gasteiger charge is -2.08. The monoisotopic (exact) mass is 377 g/mol. The van der Waals surface area contributed by atoms with Gasteiger partial charge in [-0.3, -0.25) is 0 Å². The fourth-order valence-corrected chi connectivity index (χ4v) is 2.63. The highest BCUT2D eigenvalue weighted by atomic mass is 16.5. The number of nitrogens with one attached hydrogen (secondary N) is 2. The van der Waals surface area contributed by atoms with Gasteiger partial charge in [0.05, 0.1) is 18.4 Å². The first-order valence-corrected chi connectivity index (χ1v) is 9.26. The van der Waals surface area contributed by atoms with Gasteiger partial charge < -0.3 is 15.4 Å². The summed E-state index contributed by atoms with van der Waals surface area (Å²) in [5, 5.41) is 14.3. The number of ether oxygens (including phenoxy) is 1. The van der Waals surface area contributed by atoms with E-state index in [1.165, 1.54) is 5.56 Å². The Labute approximate surface area is 164 Å². The number of carbonyl (C=O) groups excluding carboxylic acids is 1. The number of anilines is 3. The van der Waals surface area contributed by atoms with Gasteiger partial charge in [0.2, 0.25) is 5.95 Å². The average molecular weight is 377 g/mol. The molecule has 0 saturated carbocycles. The summed E-state index contributed by atoms with van der Waals surface area (Å²) in [7, 11) is 0. The maximum atomic E-state index is 11.7. The van der Waals surface area contributed by atoms with Gasteiger partial charge in [0.1, 0.15) is 0 Å². The van der Waals surface area contributed by atoms with Crippen molar-refractivity contribution in [3.63, 3.8) is 0 Å². The topological polar surface area (TPSA) is 89.0 Å². The van der Waals surface area contributed by atoms with E-state index < -0.39 is 0 Å². The lowest BCUT2D eigenvalue weighted by atomic mass is 10.1. The molecule has 3 rings (SSSR count). The molecule has 0 saturated heterocycles. The van der Waals surface area contributed by atoms with Crippen LogP contribution in [0.2, 0.25) is 0 Å². The Morgan fingerprint density at radius 1 is 1.07 bits per heavy atom. The van der Waals surface area contributed by atoms with Crippen molar-refractivity contribution >= 4 is 23.4 Å². The zero-order valence-electron chi connectivity index (χ0n) is 15.8. The number of aromatic nitrogens is 3. The van der Waals surface area contributed by atoms with Crippen molar-refractivity contribution in [1.29, 1.82) is 0 Å². The highest BCUT2D eigenvalue weighted by molar-refractivity contribution is 5.89. The normalized spacial score (nSPS) is 10.3. The summed E-state index contributed by atoms with van der Waals surface area (Å²) in [6, 6.07) is 17.3. The van der Waals surface area contributed by atoms with E-state index in [2.05, 4.69) is 37.9 Å². The number of hydrogen-bond donors (Lipinski definition) is 2. The van der Waals surface area contributed by atoms with E-state index in [9.17, 15) is 4.79 Å². The minimum atomic E-state index is -0.334. The molecule has 3 aromatic rings. The second-order valence-electron chi connectivity index (χ2n) is 6.10. The average Bonchev–Trinajstić information content (AvgIpc) is 2.73. The quantitative estimate of drug-likeness (QED) is 0.433. The van der Waals surface area contributed by atoms with E-state index in [-0.39, 0.29) is 5.97 Å². The lowest BCUT2D eigenvalue weighted by molar-refractivity contribution is 0.0526. The van der Waals surface area contributed by atoms with Crippen LogP contribution in [0.15, 0.2) is 60.8 Å². The van der Waals surface area contributed by atoms with E-state index >= 15 is 0 Å². The third-order valence-electron chi connectivity index (χ3n) is 4.00. The van der Waals surface area contributed by atoms with Crippen LogP contribution in [0.1, 0.15) is 29.3 Å². The smallest absolute Gasteiger partial charge is 0.338 e. The van der Waals surface area contributed by atoms with Crippen LogP contribution in [0.25, 0.3) is 0 Å². The van der Waals surface area contributed by atoms with Gasteiger partial charge in [-0.15, -0.1) is 5.10 Å². The molecule has 0 fully saturated rings. The first kappa shape index (κ1) is 19.3. The largest absolute Gasteiger partial charge is 0.462 e. The standard InChI is InChI=1S/C21H23N5O2/c1-2-28-20(27)17-10-12-18(13-11-17)24-19-15-23-26-21(25-19)22-14-6-9-16-7-4-3-5-8-16/h3-5,7-8,10-13,15H,2,6,9,14H2,1H3,(H2,22,24,25,26). The molecule has 0 aliphatic heterocycles. The minimum Gasteiger partial charge on any atom is -0.462 e. The molecule has 0 bridgehead atoms. The summed E-state index contributed by atoms with van der Waals surface area (Å²) < 4.78 is 4.98. The van der Waals surface area contributed by atoms with Gasteiger partial charge in [-0.2, -0.15) is 10.1 Å². The first-order valence-electron chi connectivity index (χ1n) is 9.26. The van der Waals surface area contributed by atoms with Gasteiger partial charge in [0.15, 0.2) is 5.82 Å². The van der Waals surface area contributed by atoms with Crippen LogP contribution in [0.5, 0.6) is 0 Å². The molecule has 0 atom stereocenters. The summed E-state index contributed by atoms with van der Waals surface area (Å²) in [5.41, 5.74) is 2.61. The van der Waals surface area contributed by atoms with Gasteiger partial charge in [-0.05, 0) is 49.6 Å². The number of hydrogen-bond acceptors (Lipinski definition) is 7. The van der Waals surface area contributed by atoms with Gasteiger partial charge in [0.25, 0.3) is 0 Å². The molecule has 0 amide bonds. The molecule has 2 aromatic carbocycles. The molecule has 0 aliphatic carbocycles. The van der Waals surface area contributed by atoms with Crippen molar-refractivity contribution in [3.8, 4) is 0 Å². The fourth-order valence-electron chi connectivity index (χ4n) is 2.63. The molecule has 1 aromatic heterocycles. The SMILES string of the molecule is CCOC(=O)c1ccc(Nc2cnnc(NCCCc3ccccc3)n2)cc1. The van der Waals surface area contributed by atoms with E-state index in [0.29, 0.717) is 23.9 Å². The molecule has 28 heavy (non-hydrogen) atoms. The summed E-state index contributed by atoms with van der Waals surface area (Å²) in [4.78, 5) is 16.1. The van der Waals surface area contributed by atoms with Crippen molar-refractivity contribution in [2.24, 2.45) is 0 Å². The Kier molecular flexibility index (Phi) is 6.89. The zero-order valence-corrected chi connectivity index (χ0v) is 15.8. The van der Waals surface area contributed by atoms with Gasteiger partial charge in [0, 0.05) is 12.2 Å². The molecular formula is C21H23N5O2. The maximum absolute atomic E-state index is 11.7. The Hall–Kier alpha value is -3.48. The molecule has 0 spiro atoms. The molecule has 0 radical (unpaired) electrons. The number of carbonyl (C=O) groups is 1. The number of esters is 1. The molecule has 144 valence electrons. The molecule has 0 unspecified atom stereocenters. The third-order valence-corrected chi connectivity index (χ3v) is 4.00. The molecule has 7 nitrogen and oxygen atoms in total. The summed E-state index contributed by atoms with van der Waals surface area (Å²) in [6.07, 6.45) is 3.51. The molecule has 1 heterocycles. The number of benzene rings is 2. The molecular weight excluding hydrogens is 354 g/mol. The van der Waals surface area contributed by atoms with Crippen molar-refractivity contribution in [3.05, 3.63) is 71.9 Å². The van der Waals surface area contributed by atoms with Crippen LogP contribution >= 0.6 is 0 Å². The lowest BCUT2D eigenvalue weighted by Crippen LogP contribution is -2.08. The van der Waals surface area contributed by atoms with E-state index in [1.54, 1.807) is 37.4 Å². The van der Waals surface area contributed by atoms with Crippen LogP contribution in [-0.4, -0.2) is 34.3 Å². The predicted octanol–water partition coefficient (Wildman–Crippen LogP) is 3.84. The van der Waals surface area contributed by atoms with Gasteiger partial charge >= 0.3 is 5.97 Å². The van der Waals surface area contributed by atoms with Gasteiger partial charge in [-0.1, -0.05) is 30.3 Å². The first-order chi connectivity index (χ1) is 13.7. The number of nitrogens with zero attached hydrogens (tertiary/aromatic N) is 3. The van der Waals surface area contributed by atoms with E-state index in [4.69, 9.17) is 4.74 Å². The summed E-state index contributed by atoms with van der Waals surface area (Å²) in [6.45, 7) is 2.89. The van der Waals surface area contributed by atoms with Crippen LogP contribution in [0.3, 0.4) is 0 Å². The highest BCUT2D eigenvalue weighted by Gasteiger charge is 2.06. The van der Waals surface area contributed by atoms with Crippen LogP contribution in [-0.2, 0) is 11.2 Å². The maximum Gasteiger partial charge on any atom is 0.338 e. The summed E-state index contributed by atoms with van der Waals surface area (Å²) >= 11 is 0. The highest BCUT2D eigenvalue weighted by Crippen LogP contribution is 2.16. The summed E-state index contributed by atoms with van der Waals surface area (Å²) in [5.74, 6) is 0.713. The van der Waals surface area contributed by atoms with Crippen molar-refractivity contribution in [1.82, 2.24) is 15.2 Å². The molecule has 7 heteroatoms. The van der Waals surface area contributed by atoms with Gasteiger partial charge in [-0.25, -0.2) is 4.79 Å². The zero-order chi connectivity index (χ0) is 19.6. The van der Waals surface area contributed by atoms with E-state index in [0.717, 1.165) is 25.1 Å². The third kappa shape index (κ3) is 5.77. The second-order valence-corrected chi connectivity index (χ2v) is 6.10. The van der Waals surface area contributed by atoms with Crippen LogP contribution in [0.4, 0.5) is 17.5 Å². The number of rotatable bonds is 9. The Bertz CT molecular complexity index is 885. The second kappa shape index (κ2) is 10.0. The Morgan fingerprint density at radius 3 is 2.61 bits per heavy atom.